The minimum Gasteiger partial charge on any atom is -0.497 e. The van der Waals surface area contributed by atoms with E-state index >= 15 is 0 Å². The topological polar surface area (TPSA) is 66.8 Å². The molecular weight excluding hydrogens is 234 g/mol. The molecule has 0 radical (unpaired) electrons. The molecule has 2 rings (SSSR count). The summed E-state index contributed by atoms with van der Waals surface area (Å²) in [7, 11) is 1.57. The summed E-state index contributed by atoms with van der Waals surface area (Å²) in [6, 6.07) is 6.90. The van der Waals surface area contributed by atoms with E-state index in [1.165, 1.54) is 0 Å². The molecule has 1 aliphatic heterocycles. The summed E-state index contributed by atoms with van der Waals surface area (Å²) in [5.41, 5.74) is 0.601. The van der Waals surface area contributed by atoms with Gasteiger partial charge in [0.05, 0.1) is 13.5 Å². The van der Waals surface area contributed by atoms with Crippen LogP contribution in [0.4, 0.5) is 0 Å². The molecule has 0 aliphatic carbocycles. The highest BCUT2D eigenvalue weighted by molar-refractivity contribution is 5.94. The van der Waals surface area contributed by atoms with Gasteiger partial charge >= 0.3 is 5.97 Å². The van der Waals surface area contributed by atoms with Gasteiger partial charge in [-0.3, -0.25) is 9.59 Å². The molecule has 1 aliphatic rings. The third-order valence-electron chi connectivity index (χ3n) is 3.04. The Morgan fingerprint density at radius 3 is 2.44 bits per heavy atom. The van der Waals surface area contributed by atoms with Crippen molar-refractivity contribution in [2.75, 3.05) is 20.2 Å². The first-order valence-corrected chi connectivity index (χ1v) is 5.75. The summed E-state index contributed by atoms with van der Waals surface area (Å²) >= 11 is 0. The summed E-state index contributed by atoms with van der Waals surface area (Å²) in [5.74, 6) is -0.0700. The molecule has 5 nitrogen and oxygen atoms in total. The molecule has 0 unspecified atom stereocenters. The standard InChI is InChI=1S/C13H15NO4/c1-18-11-4-2-10(3-5-11)13(17)14-7-9(8-14)6-12(15)16/h2-5,9H,6-8H2,1H3,(H,15,16). The lowest BCUT2D eigenvalue weighted by Gasteiger charge is -2.38. The number of nitrogens with zero attached hydrogens (tertiary/aromatic N) is 1. The number of hydrogen-bond acceptors (Lipinski definition) is 3. The molecule has 0 bridgehead atoms. The number of ether oxygens (including phenoxy) is 1. The van der Waals surface area contributed by atoms with Crippen molar-refractivity contribution in [2.24, 2.45) is 5.92 Å². The first-order chi connectivity index (χ1) is 8.60. The first kappa shape index (κ1) is 12.4. The molecule has 1 amide bonds. The van der Waals surface area contributed by atoms with E-state index in [1.54, 1.807) is 36.3 Å². The van der Waals surface area contributed by atoms with Crippen LogP contribution < -0.4 is 4.74 Å². The lowest BCUT2D eigenvalue weighted by molar-refractivity contribution is -0.139. The Bertz CT molecular complexity index is 449. The quantitative estimate of drug-likeness (QED) is 0.871. The molecule has 0 spiro atoms. The molecule has 1 saturated heterocycles. The number of aliphatic carboxylic acids is 1. The van der Waals surface area contributed by atoms with Crippen LogP contribution >= 0.6 is 0 Å². The molecule has 0 aromatic heterocycles. The molecule has 0 saturated carbocycles. The summed E-state index contributed by atoms with van der Waals surface area (Å²) < 4.78 is 5.02. The zero-order valence-corrected chi connectivity index (χ0v) is 10.1. The van der Waals surface area contributed by atoms with Crippen molar-refractivity contribution in [1.82, 2.24) is 4.90 Å². The largest absolute Gasteiger partial charge is 0.497 e. The fourth-order valence-corrected chi connectivity index (χ4v) is 2.03. The zero-order valence-electron chi connectivity index (χ0n) is 10.1. The van der Waals surface area contributed by atoms with Gasteiger partial charge in [-0.1, -0.05) is 0 Å². The van der Waals surface area contributed by atoms with Crippen LogP contribution in [0.3, 0.4) is 0 Å². The number of amides is 1. The third-order valence-corrected chi connectivity index (χ3v) is 3.04. The minimum atomic E-state index is -0.809. The molecule has 18 heavy (non-hydrogen) atoms. The lowest BCUT2D eigenvalue weighted by Crippen LogP contribution is -2.50. The van der Waals surface area contributed by atoms with Gasteiger partial charge in [-0.25, -0.2) is 0 Å². The Kier molecular flexibility index (Phi) is 3.50. The number of likely N-dealkylation sites (tertiary alicyclic amines) is 1. The Morgan fingerprint density at radius 2 is 1.94 bits per heavy atom. The van der Waals surface area contributed by atoms with Crippen LogP contribution in [0.1, 0.15) is 16.8 Å². The van der Waals surface area contributed by atoms with Crippen LogP contribution in [0.2, 0.25) is 0 Å². The molecule has 1 N–H and O–H groups in total. The number of carbonyl (C=O) groups excluding carboxylic acids is 1. The predicted molar refractivity (Wildman–Crippen MR) is 64.6 cm³/mol. The maximum absolute atomic E-state index is 12.0. The maximum Gasteiger partial charge on any atom is 0.303 e. The molecule has 1 fully saturated rings. The molecule has 1 heterocycles. The number of carbonyl (C=O) groups is 2. The van der Waals surface area contributed by atoms with E-state index in [9.17, 15) is 9.59 Å². The van der Waals surface area contributed by atoms with E-state index in [0.717, 1.165) is 0 Å². The van der Waals surface area contributed by atoms with E-state index in [1.807, 2.05) is 0 Å². The van der Waals surface area contributed by atoms with Gasteiger partial charge in [-0.15, -0.1) is 0 Å². The number of hydrogen-bond donors (Lipinski definition) is 1. The van der Waals surface area contributed by atoms with E-state index in [-0.39, 0.29) is 18.2 Å². The first-order valence-electron chi connectivity index (χ1n) is 5.75. The number of benzene rings is 1. The normalized spacial score (nSPS) is 15.1. The average Bonchev–Trinajstić information content (AvgIpc) is 2.32. The fourth-order valence-electron chi connectivity index (χ4n) is 2.03. The predicted octanol–water partition coefficient (Wildman–Crippen LogP) is 1.24. The van der Waals surface area contributed by atoms with Crippen LogP contribution in [0.5, 0.6) is 5.75 Å². The van der Waals surface area contributed by atoms with Crippen molar-refractivity contribution in [3.05, 3.63) is 29.8 Å². The second kappa shape index (κ2) is 5.08. The van der Waals surface area contributed by atoms with Crippen molar-refractivity contribution in [3.63, 3.8) is 0 Å². The van der Waals surface area contributed by atoms with Crippen LogP contribution in [0, 0.1) is 5.92 Å². The highest BCUT2D eigenvalue weighted by Gasteiger charge is 2.32. The second-order valence-electron chi connectivity index (χ2n) is 4.40. The third kappa shape index (κ3) is 2.61. The van der Waals surface area contributed by atoms with E-state index in [4.69, 9.17) is 9.84 Å². The van der Waals surface area contributed by atoms with Gasteiger partial charge in [0.1, 0.15) is 5.75 Å². The highest BCUT2D eigenvalue weighted by atomic mass is 16.5. The second-order valence-corrected chi connectivity index (χ2v) is 4.40. The van der Waals surface area contributed by atoms with Crippen LogP contribution in [-0.2, 0) is 4.79 Å². The Hall–Kier alpha value is -2.04. The van der Waals surface area contributed by atoms with Crippen LogP contribution in [0.25, 0.3) is 0 Å². The highest BCUT2D eigenvalue weighted by Crippen LogP contribution is 2.22. The fraction of sp³-hybridized carbons (Fsp3) is 0.385. The van der Waals surface area contributed by atoms with Crippen LogP contribution in [0.15, 0.2) is 24.3 Å². The molecule has 1 aromatic rings. The number of rotatable bonds is 4. The average molecular weight is 249 g/mol. The molecular formula is C13H15NO4. The van der Waals surface area contributed by atoms with Crippen molar-refractivity contribution >= 4 is 11.9 Å². The van der Waals surface area contributed by atoms with Gasteiger partial charge in [-0.2, -0.15) is 0 Å². The van der Waals surface area contributed by atoms with Crippen molar-refractivity contribution in [2.45, 2.75) is 6.42 Å². The van der Waals surface area contributed by atoms with Gasteiger partial charge in [0.25, 0.3) is 5.91 Å². The molecule has 1 aromatic carbocycles. The number of carboxylic acid groups (broad SMARTS) is 1. The van der Waals surface area contributed by atoms with Crippen molar-refractivity contribution < 1.29 is 19.4 Å². The van der Waals surface area contributed by atoms with Gasteiger partial charge in [-0.05, 0) is 24.3 Å². The minimum absolute atomic E-state index is 0.0562. The van der Waals surface area contributed by atoms with Gasteiger partial charge in [0.2, 0.25) is 0 Å². The summed E-state index contributed by atoms with van der Waals surface area (Å²) in [5, 5.41) is 8.63. The monoisotopic (exact) mass is 249 g/mol. The maximum atomic E-state index is 12.0. The Morgan fingerprint density at radius 1 is 1.33 bits per heavy atom. The lowest BCUT2D eigenvalue weighted by atomic mass is 9.95. The van der Waals surface area contributed by atoms with Crippen molar-refractivity contribution in [3.8, 4) is 5.75 Å². The Labute approximate surface area is 105 Å². The number of carboxylic acids is 1. The van der Waals surface area contributed by atoms with Crippen LogP contribution in [-0.4, -0.2) is 42.1 Å². The van der Waals surface area contributed by atoms with Crippen molar-refractivity contribution in [1.29, 1.82) is 0 Å². The summed E-state index contributed by atoms with van der Waals surface area (Å²) in [4.78, 5) is 24.2. The smallest absolute Gasteiger partial charge is 0.303 e. The van der Waals surface area contributed by atoms with Gasteiger partial charge < -0.3 is 14.7 Å². The van der Waals surface area contributed by atoms with Gasteiger partial charge in [0, 0.05) is 24.6 Å². The Balaban J connectivity index is 1.91. The van der Waals surface area contributed by atoms with E-state index in [2.05, 4.69) is 0 Å². The SMILES string of the molecule is COc1ccc(C(=O)N2CC(CC(=O)O)C2)cc1. The van der Waals surface area contributed by atoms with E-state index < -0.39 is 5.97 Å². The zero-order chi connectivity index (χ0) is 13.1. The summed E-state index contributed by atoms with van der Waals surface area (Å²) in [6.07, 6.45) is 0.131. The molecule has 5 heteroatoms. The summed E-state index contributed by atoms with van der Waals surface area (Å²) in [6.45, 7) is 1.05. The van der Waals surface area contributed by atoms with E-state index in [0.29, 0.717) is 24.4 Å². The van der Waals surface area contributed by atoms with Gasteiger partial charge in [0.15, 0.2) is 0 Å². The number of methoxy groups -OCH3 is 1. The molecule has 0 atom stereocenters. The molecule has 96 valence electrons.